The Kier molecular flexibility index (Phi) is 1.43. The van der Waals surface area contributed by atoms with Crippen LogP contribution in [0.15, 0.2) is 24.3 Å². The van der Waals surface area contributed by atoms with Crippen LogP contribution >= 0.6 is 11.6 Å². The molecule has 1 aromatic carbocycles. The first-order chi connectivity index (χ1) is 6.36. The van der Waals surface area contributed by atoms with Crippen molar-refractivity contribution in [3.63, 3.8) is 0 Å². The van der Waals surface area contributed by atoms with Crippen molar-refractivity contribution in [3.8, 4) is 0 Å². The molecule has 2 nitrogen and oxygen atoms in total. The zero-order valence-electron chi connectivity index (χ0n) is 6.97. The van der Waals surface area contributed by atoms with Gasteiger partial charge in [0.2, 0.25) is 0 Å². The predicted molar refractivity (Wildman–Crippen MR) is 54.1 cm³/mol. The third-order valence-corrected chi connectivity index (χ3v) is 2.75. The van der Waals surface area contributed by atoms with Crippen LogP contribution in [-0.2, 0) is 0 Å². The molecule has 0 radical (unpaired) electrons. The van der Waals surface area contributed by atoms with Crippen molar-refractivity contribution in [3.05, 3.63) is 35.0 Å². The number of rotatable bonds is 1. The second-order valence-electron chi connectivity index (χ2n) is 3.36. The van der Waals surface area contributed by atoms with E-state index >= 15 is 0 Å². The van der Waals surface area contributed by atoms with Crippen molar-refractivity contribution in [2.24, 2.45) is 0 Å². The molecule has 13 heavy (non-hydrogen) atoms. The van der Waals surface area contributed by atoms with Crippen LogP contribution in [0.2, 0.25) is 5.15 Å². The van der Waals surface area contributed by atoms with E-state index in [-0.39, 0.29) is 0 Å². The minimum atomic E-state index is 0.462. The first-order valence-electron chi connectivity index (χ1n) is 4.36. The fraction of sp³-hybridized carbons (Fsp3) is 0.200. The van der Waals surface area contributed by atoms with Gasteiger partial charge in [0.05, 0.1) is 0 Å². The number of fused-ring (bicyclic) bond motifs is 1. The SMILES string of the molecule is Clc1[nH]c2ccccc2c1[C@H]1CN1. The molecule has 0 saturated carbocycles. The molecule has 66 valence electrons. The van der Waals surface area contributed by atoms with Crippen LogP contribution in [0, 0.1) is 0 Å². The molecular weight excluding hydrogens is 184 g/mol. The Morgan fingerprint density at radius 3 is 2.85 bits per heavy atom. The summed E-state index contributed by atoms with van der Waals surface area (Å²) in [5, 5.41) is 5.28. The number of nitrogens with one attached hydrogen (secondary N) is 2. The Labute approximate surface area is 80.9 Å². The summed E-state index contributed by atoms with van der Waals surface area (Å²) < 4.78 is 0. The summed E-state index contributed by atoms with van der Waals surface area (Å²) in [6.07, 6.45) is 0. The monoisotopic (exact) mass is 192 g/mol. The van der Waals surface area contributed by atoms with Crippen molar-refractivity contribution in [2.75, 3.05) is 6.54 Å². The summed E-state index contributed by atoms with van der Waals surface area (Å²) in [6, 6.07) is 8.67. The quantitative estimate of drug-likeness (QED) is 0.670. The Bertz CT molecular complexity index is 457. The van der Waals surface area contributed by atoms with Crippen molar-refractivity contribution in [2.45, 2.75) is 6.04 Å². The first kappa shape index (κ1) is 7.42. The third kappa shape index (κ3) is 1.06. The van der Waals surface area contributed by atoms with Gasteiger partial charge in [-0.3, -0.25) is 0 Å². The van der Waals surface area contributed by atoms with Crippen LogP contribution in [0.1, 0.15) is 11.6 Å². The number of halogens is 1. The normalized spacial score (nSPS) is 20.8. The molecule has 0 aliphatic carbocycles. The highest BCUT2D eigenvalue weighted by atomic mass is 35.5. The molecule has 1 aromatic heterocycles. The highest BCUT2D eigenvalue weighted by Crippen LogP contribution is 2.35. The lowest BCUT2D eigenvalue weighted by molar-refractivity contribution is 1.09. The lowest BCUT2D eigenvalue weighted by atomic mass is 10.1. The van der Waals surface area contributed by atoms with E-state index in [1.165, 1.54) is 10.9 Å². The number of hydrogen-bond donors (Lipinski definition) is 2. The maximum absolute atomic E-state index is 6.11. The first-order valence-corrected chi connectivity index (χ1v) is 4.73. The predicted octanol–water partition coefficient (Wildman–Crippen LogP) is 2.47. The minimum Gasteiger partial charge on any atom is -0.345 e. The summed E-state index contributed by atoms with van der Waals surface area (Å²) in [6.45, 7) is 1.04. The van der Waals surface area contributed by atoms with Crippen LogP contribution in [-0.4, -0.2) is 11.5 Å². The van der Waals surface area contributed by atoms with Crippen LogP contribution in [0.4, 0.5) is 0 Å². The van der Waals surface area contributed by atoms with E-state index < -0.39 is 0 Å². The lowest BCUT2D eigenvalue weighted by Gasteiger charge is -1.93. The molecule has 0 amide bonds. The molecule has 1 saturated heterocycles. The van der Waals surface area contributed by atoms with Crippen molar-refractivity contribution in [1.29, 1.82) is 0 Å². The van der Waals surface area contributed by atoms with Gasteiger partial charge in [0.25, 0.3) is 0 Å². The van der Waals surface area contributed by atoms with Gasteiger partial charge in [-0.15, -0.1) is 0 Å². The molecule has 0 unspecified atom stereocenters. The zero-order chi connectivity index (χ0) is 8.84. The van der Waals surface area contributed by atoms with E-state index in [0.717, 1.165) is 17.2 Å². The Hall–Kier alpha value is -0.990. The van der Waals surface area contributed by atoms with E-state index in [0.29, 0.717) is 6.04 Å². The largest absolute Gasteiger partial charge is 0.345 e. The molecule has 1 aliphatic rings. The summed E-state index contributed by atoms with van der Waals surface area (Å²) >= 11 is 6.11. The molecule has 1 atom stereocenters. The molecule has 1 aliphatic heterocycles. The number of aromatic amines is 1. The Balaban J connectivity index is 2.35. The minimum absolute atomic E-state index is 0.462. The van der Waals surface area contributed by atoms with Gasteiger partial charge in [-0.05, 0) is 6.07 Å². The second kappa shape index (κ2) is 2.50. The summed E-state index contributed by atoms with van der Waals surface area (Å²) in [5.41, 5.74) is 2.34. The fourth-order valence-corrected chi connectivity index (χ4v) is 2.07. The highest BCUT2D eigenvalue weighted by molar-refractivity contribution is 6.31. The number of H-pyrrole nitrogens is 1. The lowest BCUT2D eigenvalue weighted by Crippen LogP contribution is -1.81. The maximum Gasteiger partial charge on any atom is 0.112 e. The van der Waals surface area contributed by atoms with E-state index in [2.05, 4.69) is 16.4 Å². The van der Waals surface area contributed by atoms with Crippen LogP contribution < -0.4 is 5.32 Å². The summed E-state index contributed by atoms with van der Waals surface area (Å²) in [7, 11) is 0. The number of benzene rings is 1. The van der Waals surface area contributed by atoms with Gasteiger partial charge >= 0.3 is 0 Å². The molecule has 0 spiro atoms. The summed E-state index contributed by atoms with van der Waals surface area (Å²) in [5.74, 6) is 0. The standard InChI is InChI=1S/C10H9ClN2/c11-10-9(8-5-12-8)6-3-1-2-4-7(6)13-10/h1-4,8,12-13H,5H2/t8-/m1/s1. The van der Waals surface area contributed by atoms with E-state index in [1.807, 2.05) is 18.2 Å². The Morgan fingerprint density at radius 2 is 2.08 bits per heavy atom. The maximum atomic E-state index is 6.11. The third-order valence-electron chi connectivity index (χ3n) is 2.45. The molecule has 1 fully saturated rings. The molecular formula is C10H9ClN2. The van der Waals surface area contributed by atoms with Gasteiger partial charge in [-0.25, -0.2) is 0 Å². The van der Waals surface area contributed by atoms with Gasteiger partial charge < -0.3 is 10.3 Å². The summed E-state index contributed by atoms with van der Waals surface area (Å²) in [4.78, 5) is 3.17. The second-order valence-corrected chi connectivity index (χ2v) is 3.74. The average molecular weight is 193 g/mol. The average Bonchev–Trinajstić information content (AvgIpc) is 2.88. The number of aromatic nitrogens is 1. The van der Waals surface area contributed by atoms with Gasteiger partial charge in [0, 0.05) is 29.1 Å². The number of para-hydroxylation sites is 1. The molecule has 3 rings (SSSR count). The molecule has 0 bridgehead atoms. The van der Waals surface area contributed by atoms with Gasteiger partial charge in [-0.2, -0.15) is 0 Å². The molecule has 2 aromatic rings. The van der Waals surface area contributed by atoms with Gasteiger partial charge in [0.1, 0.15) is 5.15 Å². The smallest absolute Gasteiger partial charge is 0.112 e. The fourth-order valence-electron chi connectivity index (χ4n) is 1.73. The van der Waals surface area contributed by atoms with Gasteiger partial charge in [-0.1, -0.05) is 29.8 Å². The van der Waals surface area contributed by atoms with Crippen molar-refractivity contribution >= 4 is 22.5 Å². The van der Waals surface area contributed by atoms with Crippen LogP contribution in [0.3, 0.4) is 0 Å². The van der Waals surface area contributed by atoms with Gasteiger partial charge in [0.15, 0.2) is 0 Å². The van der Waals surface area contributed by atoms with Crippen molar-refractivity contribution < 1.29 is 0 Å². The number of hydrogen-bond acceptors (Lipinski definition) is 1. The molecule has 2 N–H and O–H groups in total. The topological polar surface area (TPSA) is 37.7 Å². The molecule has 2 heterocycles. The van der Waals surface area contributed by atoms with E-state index in [4.69, 9.17) is 11.6 Å². The Morgan fingerprint density at radius 1 is 1.31 bits per heavy atom. The zero-order valence-corrected chi connectivity index (χ0v) is 7.73. The van der Waals surface area contributed by atoms with E-state index in [1.54, 1.807) is 0 Å². The van der Waals surface area contributed by atoms with E-state index in [9.17, 15) is 0 Å². The van der Waals surface area contributed by atoms with Crippen LogP contribution in [0.25, 0.3) is 10.9 Å². The van der Waals surface area contributed by atoms with Crippen molar-refractivity contribution in [1.82, 2.24) is 10.3 Å². The highest BCUT2D eigenvalue weighted by Gasteiger charge is 2.27. The molecule has 3 heteroatoms. The van der Waals surface area contributed by atoms with Crippen LogP contribution in [0.5, 0.6) is 0 Å².